The molecule has 1 aromatic rings. The molecule has 0 radical (unpaired) electrons. The Labute approximate surface area is 122 Å². The lowest BCUT2D eigenvalue weighted by Gasteiger charge is -2.07. The Morgan fingerprint density at radius 1 is 1.38 bits per heavy atom. The molecule has 0 bridgehead atoms. The van der Waals surface area contributed by atoms with Crippen LogP contribution >= 0.6 is 11.8 Å². The number of ketones is 1. The zero-order valence-electron chi connectivity index (χ0n) is 10.8. The van der Waals surface area contributed by atoms with Crippen LogP contribution in [0.3, 0.4) is 0 Å². The quantitative estimate of drug-likeness (QED) is 0.296. The Morgan fingerprint density at radius 3 is 2.62 bits per heavy atom. The number of aliphatic hydroxyl groups is 1. The molecule has 0 atom stereocenters. The summed E-state index contributed by atoms with van der Waals surface area (Å²) in [6, 6.07) is 4.87. The van der Waals surface area contributed by atoms with Gasteiger partial charge in [0.1, 0.15) is 5.76 Å². The lowest BCUT2D eigenvalue weighted by Crippen LogP contribution is -2.15. The third-order valence-corrected chi connectivity index (χ3v) is 2.83. The largest absolute Gasteiger partial charge is 0.507 e. The van der Waals surface area contributed by atoms with Crippen molar-refractivity contribution in [2.75, 3.05) is 6.61 Å². The van der Waals surface area contributed by atoms with Gasteiger partial charge in [0, 0.05) is 16.5 Å². The maximum absolute atomic E-state index is 12.2. The number of benzene rings is 1. The van der Waals surface area contributed by atoms with Gasteiger partial charge in [-0.2, -0.15) is 13.2 Å². The fourth-order valence-electron chi connectivity index (χ4n) is 1.32. The van der Waals surface area contributed by atoms with E-state index in [1.807, 2.05) is 0 Å². The second kappa shape index (κ2) is 7.16. The van der Waals surface area contributed by atoms with Gasteiger partial charge in [-0.3, -0.25) is 4.79 Å². The van der Waals surface area contributed by atoms with E-state index in [-0.39, 0.29) is 28.8 Å². The van der Waals surface area contributed by atoms with Crippen molar-refractivity contribution in [1.82, 2.24) is 0 Å². The van der Waals surface area contributed by atoms with Gasteiger partial charge in [0.2, 0.25) is 0 Å². The van der Waals surface area contributed by atoms with Crippen LogP contribution in [0.1, 0.15) is 12.5 Å². The average Bonchev–Trinajstić information content (AvgIpc) is 2.37. The number of hydrogen-bond donors (Lipinski definition) is 1. The molecule has 0 fully saturated rings. The van der Waals surface area contributed by atoms with Gasteiger partial charge in [0.15, 0.2) is 0 Å². The van der Waals surface area contributed by atoms with Crippen LogP contribution in [-0.4, -0.2) is 29.0 Å². The van der Waals surface area contributed by atoms with E-state index in [0.29, 0.717) is 6.08 Å². The van der Waals surface area contributed by atoms with Gasteiger partial charge in [-0.25, -0.2) is 4.79 Å². The average molecular weight is 320 g/mol. The second-order valence-electron chi connectivity index (χ2n) is 3.69. The maximum Gasteiger partial charge on any atom is 0.446 e. The summed E-state index contributed by atoms with van der Waals surface area (Å²) >= 11 is -0.349. The summed E-state index contributed by atoms with van der Waals surface area (Å²) < 4.78 is 41.2. The molecule has 21 heavy (non-hydrogen) atoms. The molecule has 1 N–H and O–H groups in total. The molecule has 0 spiro atoms. The molecular formula is C13H11F3O4S. The first-order valence-corrected chi connectivity index (χ1v) is 6.52. The number of hydrogen-bond acceptors (Lipinski definition) is 5. The van der Waals surface area contributed by atoms with Crippen molar-refractivity contribution in [3.8, 4) is 0 Å². The lowest BCUT2D eigenvalue weighted by molar-refractivity contribution is -0.151. The van der Waals surface area contributed by atoms with Gasteiger partial charge in [-0.15, -0.1) is 0 Å². The Bertz CT molecular complexity index is 567. The number of alkyl halides is 3. The standard InChI is InChI=1S/C13H11F3O4S/c1-2-20-12(19)11(18)7-10(17)8-4-3-5-9(6-8)21-13(14,15)16/h3-7,17H,2H2,1H3. The first-order valence-electron chi connectivity index (χ1n) is 5.71. The summed E-state index contributed by atoms with van der Waals surface area (Å²) in [5, 5.41) is 9.67. The number of carbonyl (C=O) groups is 2. The first kappa shape index (κ1) is 17.1. The molecule has 0 aliphatic carbocycles. The van der Waals surface area contributed by atoms with Crippen LogP contribution in [0.4, 0.5) is 13.2 Å². The number of halogens is 3. The summed E-state index contributed by atoms with van der Waals surface area (Å²) in [5.74, 6) is -2.86. The Morgan fingerprint density at radius 2 is 2.05 bits per heavy atom. The van der Waals surface area contributed by atoms with Crippen molar-refractivity contribution in [2.45, 2.75) is 17.3 Å². The molecule has 0 unspecified atom stereocenters. The van der Waals surface area contributed by atoms with Crippen LogP contribution in [0.15, 0.2) is 35.2 Å². The van der Waals surface area contributed by atoms with Gasteiger partial charge >= 0.3 is 11.5 Å². The summed E-state index contributed by atoms with van der Waals surface area (Å²) in [6.45, 7) is 1.50. The van der Waals surface area contributed by atoms with Crippen LogP contribution in [-0.2, 0) is 14.3 Å². The highest BCUT2D eigenvalue weighted by Gasteiger charge is 2.29. The smallest absolute Gasteiger partial charge is 0.446 e. The Kier molecular flexibility index (Phi) is 5.83. The summed E-state index contributed by atoms with van der Waals surface area (Å²) in [7, 11) is 0. The highest BCUT2D eigenvalue weighted by Crippen LogP contribution is 2.37. The second-order valence-corrected chi connectivity index (χ2v) is 4.83. The minimum atomic E-state index is -4.46. The Balaban J connectivity index is 2.92. The van der Waals surface area contributed by atoms with Crippen molar-refractivity contribution in [3.05, 3.63) is 35.9 Å². The fourth-order valence-corrected chi connectivity index (χ4v) is 1.92. The van der Waals surface area contributed by atoms with E-state index in [0.717, 1.165) is 6.07 Å². The van der Waals surface area contributed by atoms with Gasteiger partial charge in [0.05, 0.1) is 6.61 Å². The van der Waals surface area contributed by atoms with Crippen molar-refractivity contribution in [2.24, 2.45) is 0 Å². The number of aliphatic hydroxyl groups excluding tert-OH is 1. The zero-order chi connectivity index (χ0) is 16.0. The monoisotopic (exact) mass is 320 g/mol. The van der Waals surface area contributed by atoms with E-state index >= 15 is 0 Å². The number of esters is 1. The normalized spacial score (nSPS) is 12.1. The van der Waals surface area contributed by atoms with Gasteiger partial charge < -0.3 is 9.84 Å². The van der Waals surface area contributed by atoms with Crippen LogP contribution in [0.5, 0.6) is 0 Å². The number of carbonyl (C=O) groups excluding carboxylic acids is 2. The molecule has 114 valence electrons. The third-order valence-electron chi connectivity index (χ3n) is 2.11. The molecule has 0 saturated heterocycles. The predicted molar refractivity (Wildman–Crippen MR) is 70.6 cm³/mol. The molecule has 4 nitrogen and oxygen atoms in total. The van der Waals surface area contributed by atoms with E-state index in [2.05, 4.69) is 4.74 Å². The number of ether oxygens (including phenoxy) is 1. The lowest BCUT2D eigenvalue weighted by atomic mass is 10.1. The fraction of sp³-hybridized carbons (Fsp3) is 0.231. The molecule has 0 aliphatic heterocycles. The first-order chi connectivity index (χ1) is 9.73. The van der Waals surface area contributed by atoms with Crippen LogP contribution < -0.4 is 0 Å². The van der Waals surface area contributed by atoms with Crippen LogP contribution in [0.25, 0.3) is 5.76 Å². The molecule has 0 aromatic heterocycles. The molecule has 1 aromatic carbocycles. The molecule has 8 heteroatoms. The van der Waals surface area contributed by atoms with Crippen LogP contribution in [0, 0.1) is 0 Å². The maximum atomic E-state index is 12.2. The van der Waals surface area contributed by atoms with E-state index < -0.39 is 23.0 Å². The van der Waals surface area contributed by atoms with E-state index in [4.69, 9.17) is 0 Å². The zero-order valence-corrected chi connectivity index (χ0v) is 11.6. The topological polar surface area (TPSA) is 63.6 Å². The van der Waals surface area contributed by atoms with Gasteiger partial charge in [0.25, 0.3) is 5.78 Å². The Hall–Kier alpha value is -1.96. The van der Waals surface area contributed by atoms with Gasteiger partial charge in [-0.05, 0) is 30.8 Å². The minimum absolute atomic E-state index is 0.00309. The van der Waals surface area contributed by atoms with Crippen molar-refractivity contribution in [3.63, 3.8) is 0 Å². The summed E-state index contributed by atoms with van der Waals surface area (Å²) in [4.78, 5) is 22.3. The highest BCUT2D eigenvalue weighted by molar-refractivity contribution is 8.00. The molecule has 0 amide bonds. The van der Waals surface area contributed by atoms with Crippen molar-refractivity contribution >= 4 is 29.3 Å². The highest BCUT2D eigenvalue weighted by atomic mass is 32.2. The van der Waals surface area contributed by atoms with Gasteiger partial charge in [-0.1, -0.05) is 12.1 Å². The summed E-state index contributed by atoms with van der Waals surface area (Å²) in [5.41, 5.74) is -4.47. The molecule has 0 heterocycles. The minimum Gasteiger partial charge on any atom is -0.507 e. The third kappa shape index (κ3) is 5.90. The number of rotatable bonds is 5. The molecule has 1 rings (SSSR count). The molecule has 0 saturated carbocycles. The van der Waals surface area contributed by atoms with Crippen molar-refractivity contribution in [1.29, 1.82) is 0 Å². The molecule has 0 aliphatic rings. The van der Waals surface area contributed by atoms with Crippen molar-refractivity contribution < 1.29 is 32.6 Å². The van der Waals surface area contributed by atoms with Crippen LogP contribution in [0.2, 0.25) is 0 Å². The molecular weight excluding hydrogens is 309 g/mol. The summed E-state index contributed by atoms with van der Waals surface area (Å²) in [6.07, 6.45) is 0.607. The number of thioether (sulfide) groups is 1. The van der Waals surface area contributed by atoms with E-state index in [1.165, 1.54) is 25.1 Å². The SMILES string of the molecule is CCOC(=O)C(=O)C=C(O)c1cccc(SC(F)(F)F)c1. The predicted octanol–water partition coefficient (Wildman–Crippen LogP) is 3.33. The van der Waals surface area contributed by atoms with E-state index in [1.54, 1.807) is 0 Å². The van der Waals surface area contributed by atoms with E-state index in [9.17, 15) is 27.9 Å².